The lowest BCUT2D eigenvalue weighted by Gasteiger charge is -2.15. The fraction of sp³-hybridized carbons (Fsp3) is 0.533. The summed E-state index contributed by atoms with van der Waals surface area (Å²) in [6.45, 7) is 7.79. The molecular formula is C15H23NO3. The van der Waals surface area contributed by atoms with Crippen molar-refractivity contribution in [3.8, 4) is 5.75 Å². The Morgan fingerprint density at radius 1 is 1.21 bits per heavy atom. The molecule has 1 rings (SSSR count). The van der Waals surface area contributed by atoms with Gasteiger partial charge in [-0.05, 0) is 31.5 Å². The highest BCUT2D eigenvalue weighted by Crippen LogP contribution is 2.18. The van der Waals surface area contributed by atoms with Gasteiger partial charge in [0, 0.05) is 12.5 Å². The zero-order valence-corrected chi connectivity index (χ0v) is 12.0. The molecule has 2 N–H and O–H groups in total. The van der Waals surface area contributed by atoms with Crippen molar-refractivity contribution in [1.82, 2.24) is 5.32 Å². The molecule has 1 atom stereocenters. The van der Waals surface area contributed by atoms with Crippen LogP contribution in [0.4, 0.5) is 0 Å². The van der Waals surface area contributed by atoms with Gasteiger partial charge < -0.3 is 15.2 Å². The van der Waals surface area contributed by atoms with Crippen LogP contribution in [0, 0.1) is 5.92 Å². The van der Waals surface area contributed by atoms with E-state index in [1.165, 1.54) is 0 Å². The van der Waals surface area contributed by atoms with Crippen LogP contribution in [0.15, 0.2) is 24.3 Å². The van der Waals surface area contributed by atoms with Crippen LogP contribution in [-0.4, -0.2) is 23.7 Å². The van der Waals surface area contributed by atoms with Crippen molar-refractivity contribution >= 4 is 5.91 Å². The van der Waals surface area contributed by atoms with Gasteiger partial charge in [-0.3, -0.25) is 4.79 Å². The summed E-state index contributed by atoms with van der Waals surface area (Å²) in [7, 11) is 0. The minimum atomic E-state index is -0.698. The fourth-order valence-corrected chi connectivity index (χ4v) is 1.56. The first-order chi connectivity index (χ1) is 8.90. The average Bonchev–Trinajstić information content (AvgIpc) is 2.35. The number of hydrogen-bond donors (Lipinski definition) is 2. The predicted molar refractivity (Wildman–Crippen MR) is 75.0 cm³/mol. The van der Waals surface area contributed by atoms with Gasteiger partial charge in [-0.2, -0.15) is 0 Å². The largest absolute Gasteiger partial charge is 0.491 e. The first-order valence-electron chi connectivity index (χ1n) is 6.62. The van der Waals surface area contributed by atoms with E-state index >= 15 is 0 Å². The van der Waals surface area contributed by atoms with Gasteiger partial charge >= 0.3 is 0 Å². The molecule has 106 valence electrons. The first kappa shape index (κ1) is 15.5. The van der Waals surface area contributed by atoms with Crippen LogP contribution in [0.2, 0.25) is 0 Å². The molecule has 0 aliphatic rings. The molecule has 0 saturated carbocycles. The predicted octanol–water partition coefficient (Wildman–Crippen LogP) is 2.28. The maximum Gasteiger partial charge on any atom is 0.222 e. The molecule has 1 aromatic carbocycles. The van der Waals surface area contributed by atoms with Crippen molar-refractivity contribution < 1.29 is 14.6 Å². The van der Waals surface area contributed by atoms with E-state index in [2.05, 4.69) is 5.32 Å². The molecule has 0 bridgehead atoms. The van der Waals surface area contributed by atoms with E-state index in [-0.39, 0.29) is 24.5 Å². The number of aliphatic hydroxyl groups is 1. The molecule has 0 spiro atoms. The molecule has 19 heavy (non-hydrogen) atoms. The highest BCUT2D eigenvalue weighted by Gasteiger charge is 2.11. The lowest BCUT2D eigenvalue weighted by molar-refractivity contribution is -0.124. The molecule has 0 fully saturated rings. The Morgan fingerprint density at radius 3 is 2.26 bits per heavy atom. The number of rotatable bonds is 6. The summed E-state index contributed by atoms with van der Waals surface area (Å²) in [5.41, 5.74) is 0.764. The number of ether oxygens (including phenoxy) is 1. The third kappa shape index (κ3) is 5.30. The third-order valence-electron chi connectivity index (χ3n) is 2.63. The smallest absolute Gasteiger partial charge is 0.222 e. The van der Waals surface area contributed by atoms with Gasteiger partial charge in [0.2, 0.25) is 5.91 Å². The monoisotopic (exact) mass is 265 g/mol. The first-order valence-corrected chi connectivity index (χ1v) is 6.62. The number of hydrogen-bond acceptors (Lipinski definition) is 3. The lowest BCUT2D eigenvalue weighted by Crippen LogP contribution is -2.31. The summed E-state index contributed by atoms with van der Waals surface area (Å²) >= 11 is 0. The topological polar surface area (TPSA) is 58.6 Å². The van der Waals surface area contributed by atoms with Crippen molar-refractivity contribution in [2.24, 2.45) is 5.92 Å². The summed E-state index contributed by atoms with van der Waals surface area (Å²) in [5.74, 6) is 0.644. The van der Waals surface area contributed by atoms with Gasteiger partial charge in [0.25, 0.3) is 0 Å². The molecule has 4 nitrogen and oxygen atoms in total. The summed E-state index contributed by atoms with van der Waals surface area (Å²) in [6.07, 6.45) is -0.572. The number of aliphatic hydroxyl groups excluding tert-OH is 1. The van der Waals surface area contributed by atoms with Gasteiger partial charge in [0.15, 0.2) is 0 Å². The third-order valence-corrected chi connectivity index (χ3v) is 2.63. The van der Waals surface area contributed by atoms with Gasteiger partial charge in [-0.15, -0.1) is 0 Å². The summed E-state index contributed by atoms with van der Waals surface area (Å²) in [5, 5.41) is 12.7. The highest BCUT2D eigenvalue weighted by molar-refractivity contribution is 5.77. The highest BCUT2D eigenvalue weighted by atomic mass is 16.5. The summed E-state index contributed by atoms with van der Waals surface area (Å²) < 4.78 is 5.53. The van der Waals surface area contributed by atoms with Crippen LogP contribution in [0.25, 0.3) is 0 Å². The molecule has 0 heterocycles. The molecule has 0 aliphatic carbocycles. The van der Waals surface area contributed by atoms with Crippen LogP contribution in [-0.2, 0) is 4.79 Å². The van der Waals surface area contributed by atoms with Gasteiger partial charge in [0.05, 0.1) is 12.2 Å². The average molecular weight is 265 g/mol. The van der Waals surface area contributed by atoms with Gasteiger partial charge in [0.1, 0.15) is 5.75 Å². The van der Waals surface area contributed by atoms with Gasteiger partial charge in [-0.25, -0.2) is 0 Å². The van der Waals surface area contributed by atoms with Crippen LogP contribution in [0.1, 0.15) is 39.4 Å². The summed E-state index contributed by atoms with van der Waals surface area (Å²) in [6, 6.07) is 7.26. The van der Waals surface area contributed by atoms with E-state index in [1.807, 2.05) is 52.0 Å². The molecule has 0 aromatic heterocycles. The summed E-state index contributed by atoms with van der Waals surface area (Å²) in [4.78, 5) is 11.4. The molecule has 1 aromatic rings. The van der Waals surface area contributed by atoms with Crippen molar-refractivity contribution in [2.75, 3.05) is 6.54 Å². The van der Waals surface area contributed by atoms with Crippen molar-refractivity contribution in [3.05, 3.63) is 29.8 Å². The number of benzene rings is 1. The number of amides is 1. The van der Waals surface area contributed by atoms with E-state index in [0.717, 1.165) is 11.3 Å². The zero-order chi connectivity index (χ0) is 14.4. The number of carbonyl (C=O) groups excluding carboxylic acids is 1. The molecular weight excluding hydrogens is 242 g/mol. The second-order valence-corrected chi connectivity index (χ2v) is 5.15. The van der Waals surface area contributed by atoms with Crippen molar-refractivity contribution in [1.29, 1.82) is 0 Å². The van der Waals surface area contributed by atoms with E-state index in [4.69, 9.17) is 4.74 Å². The molecule has 4 heteroatoms. The second kappa shape index (κ2) is 7.14. The Morgan fingerprint density at radius 2 is 1.79 bits per heavy atom. The molecule has 0 aliphatic heterocycles. The van der Waals surface area contributed by atoms with E-state index in [0.29, 0.717) is 0 Å². The number of carbonyl (C=O) groups is 1. The van der Waals surface area contributed by atoms with E-state index in [9.17, 15) is 9.90 Å². The standard InChI is InChI=1S/C15H23NO3/c1-10(2)15(18)16-9-14(17)12-5-7-13(8-6-12)19-11(3)4/h5-8,10-11,14,17H,9H2,1-4H3,(H,16,18). The maximum absolute atomic E-state index is 11.4. The van der Waals surface area contributed by atoms with Crippen molar-refractivity contribution in [2.45, 2.75) is 39.9 Å². The van der Waals surface area contributed by atoms with Crippen LogP contribution < -0.4 is 10.1 Å². The second-order valence-electron chi connectivity index (χ2n) is 5.15. The van der Waals surface area contributed by atoms with Gasteiger partial charge in [-0.1, -0.05) is 26.0 Å². The SMILES string of the molecule is CC(C)Oc1ccc(C(O)CNC(=O)C(C)C)cc1. The minimum absolute atomic E-state index is 0.0567. The minimum Gasteiger partial charge on any atom is -0.491 e. The fourth-order valence-electron chi connectivity index (χ4n) is 1.56. The Balaban J connectivity index is 2.53. The maximum atomic E-state index is 11.4. The molecule has 1 unspecified atom stereocenters. The van der Waals surface area contributed by atoms with E-state index in [1.54, 1.807) is 0 Å². The normalized spacial score (nSPS) is 12.6. The van der Waals surface area contributed by atoms with Crippen molar-refractivity contribution in [3.63, 3.8) is 0 Å². The molecule has 1 amide bonds. The molecule has 0 radical (unpaired) electrons. The Hall–Kier alpha value is -1.55. The Kier molecular flexibility index (Phi) is 5.83. The molecule has 0 saturated heterocycles. The quantitative estimate of drug-likeness (QED) is 0.829. The van der Waals surface area contributed by atoms with Crippen LogP contribution in [0.5, 0.6) is 5.75 Å². The number of nitrogens with one attached hydrogen (secondary N) is 1. The van der Waals surface area contributed by atoms with Crippen LogP contribution >= 0.6 is 0 Å². The van der Waals surface area contributed by atoms with E-state index < -0.39 is 6.10 Å². The zero-order valence-electron chi connectivity index (χ0n) is 12.0. The Labute approximate surface area is 114 Å². The Bertz CT molecular complexity index is 398. The van der Waals surface area contributed by atoms with Crippen LogP contribution in [0.3, 0.4) is 0 Å². The lowest BCUT2D eigenvalue weighted by atomic mass is 10.1.